The van der Waals surface area contributed by atoms with Crippen molar-refractivity contribution in [3.05, 3.63) is 99.4 Å². The van der Waals surface area contributed by atoms with Crippen LogP contribution in [0, 0.1) is 5.92 Å². The van der Waals surface area contributed by atoms with Gasteiger partial charge in [-0.15, -0.1) is 11.8 Å². The highest BCUT2D eigenvalue weighted by molar-refractivity contribution is 7.99. The monoisotopic (exact) mass is 445 g/mol. The number of benzene rings is 3. The average Bonchev–Trinajstić information content (AvgIpc) is 2.96. The second-order valence-corrected chi connectivity index (χ2v) is 9.20. The summed E-state index contributed by atoms with van der Waals surface area (Å²) < 4.78 is 12.0. The van der Waals surface area contributed by atoms with E-state index in [1.54, 1.807) is 24.1 Å². The Morgan fingerprint density at radius 2 is 1.87 bits per heavy atom. The molecule has 0 bridgehead atoms. The van der Waals surface area contributed by atoms with E-state index >= 15 is 0 Å². The Morgan fingerprint density at radius 1 is 1.03 bits per heavy atom. The fourth-order valence-corrected chi connectivity index (χ4v) is 5.73. The van der Waals surface area contributed by atoms with Crippen LogP contribution >= 0.6 is 23.4 Å². The molecule has 0 N–H and O–H groups in total. The predicted octanol–water partition coefficient (Wildman–Crippen LogP) is 6.42. The largest absolute Gasteiger partial charge is 0.492 e. The van der Waals surface area contributed by atoms with Gasteiger partial charge < -0.3 is 9.15 Å². The molecule has 4 aromatic rings. The minimum atomic E-state index is -0.213. The third-order valence-electron chi connectivity index (χ3n) is 5.73. The third-order valence-corrected chi connectivity index (χ3v) is 7.40. The van der Waals surface area contributed by atoms with Crippen LogP contribution < -0.4 is 10.2 Å². The highest BCUT2D eigenvalue weighted by atomic mass is 35.5. The Hall–Kier alpha value is -3.02. The summed E-state index contributed by atoms with van der Waals surface area (Å²) in [5, 5.41) is 0.991. The third kappa shape index (κ3) is 3.08. The molecular weight excluding hydrogens is 430 g/mol. The topological polar surface area (TPSA) is 51.8 Å². The van der Waals surface area contributed by atoms with Gasteiger partial charge in [0.2, 0.25) is 0 Å². The molecule has 6 heteroatoms. The van der Waals surface area contributed by atoms with Crippen LogP contribution in [0.15, 0.2) is 92.1 Å². The van der Waals surface area contributed by atoms with E-state index in [1.807, 2.05) is 60.7 Å². The molecule has 3 heterocycles. The second-order valence-electron chi connectivity index (χ2n) is 7.58. The number of thioether (sulfide) groups is 1. The number of fused-ring (bicyclic) bond motifs is 5. The van der Waals surface area contributed by atoms with Gasteiger partial charge in [-0.1, -0.05) is 35.9 Å². The number of nitrogens with zero attached hydrogens (tertiary/aromatic N) is 1. The van der Waals surface area contributed by atoms with Gasteiger partial charge in [0.05, 0.1) is 40.8 Å². The second kappa shape index (κ2) is 7.29. The molecule has 0 unspecified atom stereocenters. The normalized spacial score (nSPS) is 19.5. The molecule has 0 radical (unpaired) electrons. The molecule has 0 aliphatic carbocycles. The Morgan fingerprint density at radius 3 is 2.81 bits per heavy atom. The van der Waals surface area contributed by atoms with Crippen molar-refractivity contribution in [2.24, 2.45) is 10.9 Å². The minimum absolute atomic E-state index is 0.0185. The van der Waals surface area contributed by atoms with E-state index in [1.165, 1.54) is 0 Å². The average molecular weight is 446 g/mol. The summed E-state index contributed by atoms with van der Waals surface area (Å²) in [4.78, 5) is 19.5. The highest BCUT2D eigenvalue weighted by Crippen LogP contribution is 2.50. The van der Waals surface area contributed by atoms with Crippen LogP contribution in [0.25, 0.3) is 11.0 Å². The molecular formula is C25H16ClNO3S. The first kappa shape index (κ1) is 18.7. The van der Waals surface area contributed by atoms with Crippen molar-refractivity contribution in [1.82, 2.24) is 0 Å². The molecule has 2 aliphatic rings. The lowest BCUT2D eigenvalue weighted by Crippen LogP contribution is -2.33. The maximum absolute atomic E-state index is 13.5. The molecule has 0 fully saturated rings. The van der Waals surface area contributed by atoms with Crippen molar-refractivity contribution in [2.75, 3.05) is 6.61 Å². The van der Waals surface area contributed by atoms with Crippen LogP contribution in [0.3, 0.4) is 0 Å². The summed E-state index contributed by atoms with van der Waals surface area (Å²) in [7, 11) is 0. The summed E-state index contributed by atoms with van der Waals surface area (Å²) in [6, 6.07) is 20.9. The zero-order chi connectivity index (χ0) is 20.9. The van der Waals surface area contributed by atoms with Gasteiger partial charge in [0, 0.05) is 21.0 Å². The Bertz CT molecular complexity index is 1430. The van der Waals surface area contributed by atoms with Gasteiger partial charge in [0.25, 0.3) is 0 Å². The van der Waals surface area contributed by atoms with E-state index in [-0.39, 0.29) is 16.6 Å². The Labute approximate surface area is 187 Å². The van der Waals surface area contributed by atoms with E-state index < -0.39 is 0 Å². The molecule has 2 aliphatic heterocycles. The number of para-hydroxylation sites is 2. The zero-order valence-electron chi connectivity index (χ0n) is 16.2. The van der Waals surface area contributed by atoms with Crippen molar-refractivity contribution in [1.29, 1.82) is 0 Å². The number of hydrogen-bond acceptors (Lipinski definition) is 5. The first-order valence-corrected chi connectivity index (χ1v) is 11.2. The molecule has 0 amide bonds. The van der Waals surface area contributed by atoms with E-state index in [4.69, 9.17) is 25.7 Å². The lowest BCUT2D eigenvalue weighted by atomic mass is 9.88. The van der Waals surface area contributed by atoms with Crippen LogP contribution in [0.4, 0.5) is 5.69 Å². The van der Waals surface area contributed by atoms with E-state index in [2.05, 4.69) is 0 Å². The summed E-state index contributed by atoms with van der Waals surface area (Å²) in [5.41, 5.74) is 3.83. The van der Waals surface area contributed by atoms with Crippen molar-refractivity contribution >= 4 is 45.7 Å². The van der Waals surface area contributed by atoms with Crippen LogP contribution in [0.5, 0.6) is 5.75 Å². The number of hydrogen-bond donors (Lipinski definition) is 0. The lowest BCUT2D eigenvalue weighted by molar-refractivity contribution is 0.271. The molecule has 0 saturated heterocycles. The smallest absolute Gasteiger partial charge is 0.197 e. The fourth-order valence-electron chi connectivity index (χ4n) is 4.23. The zero-order valence-corrected chi connectivity index (χ0v) is 17.8. The molecule has 1 aromatic heterocycles. The molecule has 3 aromatic carbocycles. The molecule has 152 valence electrons. The summed E-state index contributed by atoms with van der Waals surface area (Å²) >= 11 is 7.94. The van der Waals surface area contributed by atoms with Crippen LogP contribution in [-0.4, -0.2) is 12.3 Å². The standard InChI is InChI=1S/C25H16ClNO3S/c26-14-9-10-21-16(11-14)23-17(12-29-21)25(31-22-8-4-2-6-19(22)27-23)18-13-30-20-7-3-1-5-15(20)24(18)28/h1-11,13,17,25H,12H2/t17-,25+/m0/s1. The molecule has 0 spiro atoms. The lowest BCUT2D eigenvalue weighted by Gasteiger charge is -2.31. The Balaban J connectivity index is 1.59. The number of ether oxygens (including phenoxy) is 1. The minimum Gasteiger partial charge on any atom is -0.492 e. The molecule has 0 saturated carbocycles. The van der Waals surface area contributed by atoms with E-state index in [0.29, 0.717) is 28.2 Å². The van der Waals surface area contributed by atoms with Crippen LogP contribution in [0.1, 0.15) is 16.4 Å². The van der Waals surface area contributed by atoms with Crippen LogP contribution in [-0.2, 0) is 0 Å². The van der Waals surface area contributed by atoms with Crippen molar-refractivity contribution < 1.29 is 9.15 Å². The number of aliphatic imine (C=N–C) groups is 1. The summed E-state index contributed by atoms with van der Waals surface area (Å²) in [5.74, 6) is 0.625. The van der Waals surface area contributed by atoms with Crippen molar-refractivity contribution in [3.63, 3.8) is 0 Å². The van der Waals surface area contributed by atoms with Gasteiger partial charge in [0.1, 0.15) is 11.3 Å². The first-order valence-electron chi connectivity index (χ1n) is 9.96. The number of rotatable bonds is 1. The van der Waals surface area contributed by atoms with Gasteiger partial charge in [0.15, 0.2) is 5.43 Å². The van der Waals surface area contributed by atoms with Crippen molar-refractivity contribution in [3.8, 4) is 5.75 Å². The summed E-state index contributed by atoms with van der Waals surface area (Å²) in [6.07, 6.45) is 1.60. The van der Waals surface area contributed by atoms with E-state index in [9.17, 15) is 4.79 Å². The van der Waals surface area contributed by atoms with Crippen LogP contribution in [0.2, 0.25) is 5.02 Å². The maximum atomic E-state index is 13.5. The van der Waals surface area contributed by atoms with Gasteiger partial charge in [-0.25, -0.2) is 0 Å². The first-order chi connectivity index (χ1) is 15.2. The highest BCUT2D eigenvalue weighted by Gasteiger charge is 2.38. The van der Waals surface area contributed by atoms with Gasteiger partial charge in [-0.3, -0.25) is 9.79 Å². The van der Waals surface area contributed by atoms with Gasteiger partial charge in [-0.2, -0.15) is 0 Å². The van der Waals surface area contributed by atoms with Crippen molar-refractivity contribution in [2.45, 2.75) is 10.1 Å². The molecule has 31 heavy (non-hydrogen) atoms. The molecule has 4 nitrogen and oxygen atoms in total. The SMILES string of the molecule is O=c1c([C@@H]2Sc3ccccc3N=C3c4cc(Cl)ccc4OC[C@@H]32)coc2ccccc12. The predicted molar refractivity (Wildman–Crippen MR) is 124 cm³/mol. The van der Waals surface area contributed by atoms with Gasteiger partial charge >= 0.3 is 0 Å². The van der Waals surface area contributed by atoms with Gasteiger partial charge in [-0.05, 0) is 42.5 Å². The Kier molecular flexibility index (Phi) is 4.40. The van der Waals surface area contributed by atoms with E-state index in [0.717, 1.165) is 27.6 Å². The quantitative estimate of drug-likeness (QED) is 0.339. The summed E-state index contributed by atoms with van der Waals surface area (Å²) in [6.45, 7) is 0.422. The molecule has 6 rings (SSSR count). The number of halogens is 1. The maximum Gasteiger partial charge on any atom is 0.197 e. The molecule has 2 atom stereocenters. The fraction of sp³-hybridized carbons (Fsp3) is 0.120.